The molecule has 0 aromatic carbocycles. The molecule has 1 atom stereocenters. The molecule has 2 rings (SSSR count). The number of carboxylic acids is 1. The van der Waals surface area contributed by atoms with Crippen LogP contribution >= 0.6 is 0 Å². The predicted octanol–water partition coefficient (Wildman–Crippen LogP) is 1.78. The third kappa shape index (κ3) is 0.971. The highest BCUT2D eigenvalue weighted by molar-refractivity contribution is 5.91. The van der Waals surface area contributed by atoms with E-state index in [2.05, 4.69) is 0 Å². The van der Waals surface area contributed by atoms with E-state index in [1.807, 2.05) is 6.08 Å². The third-order valence-electron chi connectivity index (χ3n) is 2.69. The number of hydrogen-bond acceptors (Lipinski definition) is 1. The fourth-order valence-corrected chi connectivity index (χ4v) is 1.95. The number of rotatable bonds is 1. The summed E-state index contributed by atoms with van der Waals surface area (Å²) in [6, 6.07) is 0. The maximum absolute atomic E-state index is 10.7. The first kappa shape index (κ1) is 6.89. The van der Waals surface area contributed by atoms with Crippen molar-refractivity contribution in [3.8, 4) is 0 Å². The van der Waals surface area contributed by atoms with Gasteiger partial charge in [-0.25, -0.2) is 4.79 Å². The van der Waals surface area contributed by atoms with Gasteiger partial charge in [0.05, 0.1) is 0 Å². The zero-order valence-electron chi connectivity index (χ0n) is 6.34. The van der Waals surface area contributed by atoms with Crippen LogP contribution in [0, 0.1) is 11.8 Å². The molecule has 2 aliphatic carbocycles. The van der Waals surface area contributed by atoms with Crippen LogP contribution in [0.4, 0.5) is 0 Å². The first-order valence-electron chi connectivity index (χ1n) is 4.08. The Labute approximate surface area is 65.9 Å². The van der Waals surface area contributed by atoms with Crippen LogP contribution in [0.5, 0.6) is 0 Å². The first-order chi connectivity index (χ1) is 5.29. The summed E-state index contributed by atoms with van der Waals surface area (Å²) in [6.07, 6.45) is 6.22. The highest BCUT2D eigenvalue weighted by Gasteiger charge is 2.38. The van der Waals surface area contributed by atoms with Gasteiger partial charge in [-0.3, -0.25) is 0 Å². The second-order valence-corrected chi connectivity index (χ2v) is 3.26. The van der Waals surface area contributed by atoms with E-state index in [0.29, 0.717) is 11.5 Å². The SMILES string of the molecule is O=C(O)C1=CCCC2CC[C]12. The van der Waals surface area contributed by atoms with Gasteiger partial charge in [0.25, 0.3) is 0 Å². The van der Waals surface area contributed by atoms with Crippen molar-refractivity contribution in [2.24, 2.45) is 5.92 Å². The van der Waals surface area contributed by atoms with Gasteiger partial charge in [-0.05, 0) is 31.6 Å². The van der Waals surface area contributed by atoms with E-state index in [1.54, 1.807) is 0 Å². The number of aliphatic carboxylic acids is 1. The van der Waals surface area contributed by atoms with Crippen molar-refractivity contribution in [2.45, 2.75) is 25.7 Å². The third-order valence-corrected chi connectivity index (χ3v) is 2.69. The molecule has 1 saturated carbocycles. The Bertz CT molecular complexity index is 218. The number of fused-ring (bicyclic) bond motifs is 1. The number of carbonyl (C=O) groups is 1. The van der Waals surface area contributed by atoms with Crippen molar-refractivity contribution < 1.29 is 9.90 Å². The molecular formula is C9H11O2. The normalized spacial score (nSPS) is 30.2. The van der Waals surface area contributed by atoms with Crippen molar-refractivity contribution in [2.75, 3.05) is 0 Å². The lowest BCUT2D eigenvalue weighted by Crippen LogP contribution is -2.30. The Kier molecular flexibility index (Phi) is 1.48. The average Bonchev–Trinajstić information content (AvgIpc) is 1.90. The van der Waals surface area contributed by atoms with Gasteiger partial charge in [0.1, 0.15) is 0 Å². The molecule has 0 aromatic rings. The summed E-state index contributed by atoms with van der Waals surface area (Å²) in [7, 11) is 0. The van der Waals surface area contributed by atoms with E-state index in [1.165, 1.54) is 18.8 Å². The molecule has 2 aliphatic rings. The second kappa shape index (κ2) is 2.36. The van der Waals surface area contributed by atoms with Crippen LogP contribution in [0.1, 0.15) is 25.7 Å². The van der Waals surface area contributed by atoms with E-state index in [4.69, 9.17) is 5.11 Å². The topological polar surface area (TPSA) is 37.3 Å². The van der Waals surface area contributed by atoms with Crippen molar-refractivity contribution in [3.05, 3.63) is 17.6 Å². The van der Waals surface area contributed by atoms with Crippen molar-refractivity contribution in [1.29, 1.82) is 0 Å². The van der Waals surface area contributed by atoms with Crippen LogP contribution in [0.25, 0.3) is 0 Å². The standard InChI is InChI=1S/C9H11O2/c10-9(11)8-3-1-2-6-4-5-7(6)8/h3,6H,1-2,4-5H2,(H,10,11). The Morgan fingerprint density at radius 2 is 2.36 bits per heavy atom. The Morgan fingerprint density at radius 3 is 2.82 bits per heavy atom. The van der Waals surface area contributed by atoms with Crippen molar-refractivity contribution >= 4 is 5.97 Å². The highest BCUT2D eigenvalue weighted by atomic mass is 16.4. The summed E-state index contributed by atoms with van der Waals surface area (Å²) in [5.41, 5.74) is 0.604. The number of hydrogen-bond donors (Lipinski definition) is 1. The zero-order chi connectivity index (χ0) is 7.84. The van der Waals surface area contributed by atoms with Gasteiger partial charge < -0.3 is 5.11 Å². The van der Waals surface area contributed by atoms with Gasteiger partial charge in [0.15, 0.2) is 0 Å². The van der Waals surface area contributed by atoms with E-state index in [-0.39, 0.29) is 0 Å². The summed E-state index contributed by atoms with van der Waals surface area (Å²) in [5.74, 6) is 1.08. The quantitative estimate of drug-likeness (QED) is 0.620. The minimum Gasteiger partial charge on any atom is -0.478 e. The molecule has 0 amide bonds. The summed E-state index contributed by atoms with van der Waals surface area (Å²) in [6.45, 7) is 0. The van der Waals surface area contributed by atoms with Gasteiger partial charge in [-0.15, -0.1) is 0 Å². The molecule has 0 heterocycles. The molecular weight excluding hydrogens is 140 g/mol. The van der Waals surface area contributed by atoms with Crippen LogP contribution in [0.15, 0.2) is 11.6 Å². The van der Waals surface area contributed by atoms with E-state index in [9.17, 15) is 4.79 Å². The molecule has 1 N–H and O–H groups in total. The fraction of sp³-hybridized carbons (Fsp3) is 0.556. The van der Waals surface area contributed by atoms with Crippen LogP contribution in [-0.4, -0.2) is 11.1 Å². The van der Waals surface area contributed by atoms with Crippen LogP contribution in [-0.2, 0) is 4.79 Å². The minimum absolute atomic E-state index is 0.604. The van der Waals surface area contributed by atoms with Gasteiger partial charge in [-0.2, -0.15) is 0 Å². The van der Waals surface area contributed by atoms with E-state index >= 15 is 0 Å². The molecule has 1 unspecified atom stereocenters. The van der Waals surface area contributed by atoms with Gasteiger partial charge in [-0.1, -0.05) is 6.08 Å². The summed E-state index contributed by atoms with van der Waals surface area (Å²) >= 11 is 0. The summed E-state index contributed by atoms with van der Waals surface area (Å²) in [4.78, 5) is 10.7. The summed E-state index contributed by atoms with van der Waals surface area (Å²) < 4.78 is 0. The van der Waals surface area contributed by atoms with Gasteiger partial charge in [0, 0.05) is 11.5 Å². The lowest BCUT2D eigenvalue weighted by molar-refractivity contribution is -0.132. The maximum Gasteiger partial charge on any atom is 0.331 e. The van der Waals surface area contributed by atoms with Gasteiger partial charge in [0.2, 0.25) is 0 Å². The van der Waals surface area contributed by atoms with Crippen molar-refractivity contribution in [1.82, 2.24) is 0 Å². The minimum atomic E-state index is -0.732. The number of carboxylic acid groups (broad SMARTS) is 1. The van der Waals surface area contributed by atoms with E-state index in [0.717, 1.165) is 12.8 Å². The van der Waals surface area contributed by atoms with Crippen molar-refractivity contribution in [3.63, 3.8) is 0 Å². The summed E-state index contributed by atoms with van der Waals surface area (Å²) in [5, 5.41) is 8.77. The van der Waals surface area contributed by atoms with Crippen LogP contribution in [0.3, 0.4) is 0 Å². The van der Waals surface area contributed by atoms with Gasteiger partial charge >= 0.3 is 5.97 Å². The zero-order valence-corrected chi connectivity index (χ0v) is 6.34. The highest BCUT2D eigenvalue weighted by Crippen LogP contribution is 2.47. The Hall–Kier alpha value is -0.790. The van der Waals surface area contributed by atoms with Crippen LogP contribution in [0.2, 0.25) is 0 Å². The molecule has 0 spiro atoms. The molecule has 0 aliphatic heterocycles. The number of allylic oxidation sites excluding steroid dienone is 1. The molecule has 11 heavy (non-hydrogen) atoms. The lowest BCUT2D eigenvalue weighted by Gasteiger charge is -2.39. The molecule has 0 saturated heterocycles. The molecule has 1 radical (unpaired) electrons. The Balaban J connectivity index is 2.18. The fourth-order valence-electron chi connectivity index (χ4n) is 1.95. The largest absolute Gasteiger partial charge is 0.478 e. The van der Waals surface area contributed by atoms with Crippen LogP contribution < -0.4 is 0 Å². The average molecular weight is 151 g/mol. The predicted molar refractivity (Wildman–Crippen MR) is 40.9 cm³/mol. The lowest BCUT2D eigenvalue weighted by atomic mass is 9.65. The first-order valence-corrected chi connectivity index (χ1v) is 4.08. The molecule has 0 aromatic heterocycles. The second-order valence-electron chi connectivity index (χ2n) is 3.26. The Morgan fingerprint density at radius 1 is 1.55 bits per heavy atom. The molecule has 2 heteroatoms. The monoisotopic (exact) mass is 151 g/mol. The maximum atomic E-state index is 10.7. The molecule has 1 fully saturated rings. The molecule has 59 valence electrons. The molecule has 0 bridgehead atoms. The smallest absolute Gasteiger partial charge is 0.331 e. The molecule has 2 nitrogen and oxygen atoms in total. The van der Waals surface area contributed by atoms with E-state index < -0.39 is 5.97 Å².